The Hall–Kier alpha value is -1.30. The average Bonchev–Trinajstić information content (AvgIpc) is 2.66. The Balaban J connectivity index is 1.31. The first-order valence-corrected chi connectivity index (χ1v) is 10.6. The van der Waals surface area contributed by atoms with Crippen LogP contribution in [0, 0.1) is 5.92 Å². The van der Waals surface area contributed by atoms with E-state index in [1.807, 2.05) is 24.3 Å². The van der Waals surface area contributed by atoms with Gasteiger partial charge in [0.1, 0.15) is 12.4 Å². The summed E-state index contributed by atoms with van der Waals surface area (Å²) in [4.78, 5) is 17.0. The summed E-state index contributed by atoms with van der Waals surface area (Å²) >= 11 is 6.11. The van der Waals surface area contributed by atoms with Crippen LogP contribution in [-0.2, 0) is 4.79 Å². The van der Waals surface area contributed by atoms with Gasteiger partial charge in [0.05, 0.1) is 11.6 Å². The van der Waals surface area contributed by atoms with Crippen LogP contribution >= 0.6 is 11.6 Å². The van der Waals surface area contributed by atoms with E-state index in [2.05, 4.69) is 22.0 Å². The number of rotatable bonds is 7. The number of amides is 1. The van der Waals surface area contributed by atoms with Crippen molar-refractivity contribution in [1.82, 2.24) is 15.1 Å². The molecule has 3 rings (SSSR count). The number of para-hydroxylation sites is 1. The van der Waals surface area contributed by atoms with Gasteiger partial charge in [-0.1, -0.05) is 43.5 Å². The van der Waals surface area contributed by atoms with Crippen LogP contribution in [0.4, 0.5) is 0 Å². The molecule has 0 aromatic heterocycles. The molecule has 2 atom stereocenters. The Kier molecular flexibility index (Phi) is 7.80. The molecule has 6 heteroatoms. The second-order valence-electron chi connectivity index (χ2n) is 7.83. The summed E-state index contributed by atoms with van der Waals surface area (Å²) in [5.74, 6) is 1.54. The fourth-order valence-electron chi connectivity index (χ4n) is 4.00. The van der Waals surface area contributed by atoms with Crippen molar-refractivity contribution in [3.05, 3.63) is 29.3 Å². The first kappa shape index (κ1) is 20.4. The summed E-state index contributed by atoms with van der Waals surface area (Å²) in [6, 6.07) is 7.94. The molecule has 0 radical (unpaired) electrons. The minimum Gasteiger partial charge on any atom is -0.491 e. The fourth-order valence-corrected chi connectivity index (χ4v) is 4.19. The summed E-state index contributed by atoms with van der Waals surface area (Å²) in [6.45, 7) is 8.09. The van der Waals surface area contributed by atoms with E-state index in [4.69, 9.17) is 16.3 Å². The summed E-state index contributed by atoms with van der Waals surface area (Å²) in [7, 11) is 0. The van der Waals surface area contributed by atoms with Crippen molar-refractivity contribution >= 4 is 17.5 Å². The molecule has 5 nitrogen and oxygen atoms in total. The van der Waals surface area contributed by atoms with Gasteiger partial charge in [-0.05, 0) is 30.9 Å². The maximum atomic E-state index is 12.4. The average molecular weight is 394 g/mol. The third-order valence-corrected chi connectivity index (χ3v) is 6.10. The number of piperazine rings is 1. The molecule has 150 valence electrons. The normalized spacial score (nSPS) is 24.5. The number of nitrogens with one attached hydrogen (secondary N) is 1. The molecule has 0 spiro atoms. The number of benzene rings is 1. The van der Waals surface area contributed by atoms with Crippen molar-refractivity contribution in [2.45, 2.75) is 38.6 Å². The number of hydrogen-bond acceptors (Lipinski definition) is 4. The Morgan fingerprint density at radius 2 is 1.85 bits per heavy atom. The molecular weight excluding hydrogens is 362 g/mol. The molecule has 1 aliphatic heterocycles. The largest absolute Gasteiger partial charge is 0.491 e. The number of halogens is 1. The van der Waals surface area contributed by atoms with Crippen LogP contribution in [0.1, 0.15) is 32.6 Å². The van der Waals surface area contributed by atoms with Gasteiger partial charge in [0.15, 0.2) is 0 Å². The van der Waals surface area contributed by atoms with Crippen LogP contribution in [0.3, 0.4) is 0 Å². The molecule has 1 aromatic rings. The third kappa shape index (κ3) is 6.37. The molecule has 1 saturated heterocycles. The highest BCUT2D eigenvalue weighted by atomic mass is 35.5. The highest BCUT2D eigenvalue weighted by Crippen LogP contribution is 2.24. The van der Waals surface area contributed by atoms with Gasteiger partial charge in [0.25, 0.3) is 0 Å². The van der Waals surface area contributed by atoms with Crippen molar-refractivity contribution in [3.8, 4) is 5.75 Å². The highest BCUT2D eigenvalue weighted by Gasteiger charge is 2.24. The lowest BCUT2D eigenvalue weighted by Crippen LogP contribution is -2.51. The fraction of sp³-hybridized carbons (Fsp3) is 0.667. The molecule has 1 saturated carbocycles. The van der Waals surface area contributed by atoms with E-state index in [1.54, 1.807) is 0 Å². The second-order valence-corrected chi connectivity index (χ2v) is 8.24. The number of carbonyl (C=O) groups excluding carboxylic acids is 1. The molecule has 1 heterocycles. The SMILES string of the molecule is CC1CCCCC1NC(=O)CN1CCN(CCOc2ccccc2Cl)CC1. The smallest absolute Gasteiger partial charge is 0.234 e. The minimum atomic E-state index is 0.184. The van der Waals surface area contributed by atoms with E-state index in [0.717, 1.165) is 44.9 Å². The van der Waals surface area contributed by atoms with E-state index in [9.17, 15) is 4.79 Å². The van der Waals surface area contributed by atoms with Crippen LogP contribution < -0.4 is 10.1 Å². The van der Waals surface area contributed by atoms with E-state index >= 15 is 0 Å². The molecule has 2 fully saturated rings. The van der Waals surface area contributed by atoms with Gasteiger partial charge in [-0.25, -0.2) is 0 Å². The van der Waals surface area contributed by atoms with Crippen molar-refractivity contribution < 1.29 is 9.53 Å². The molecule has 2 unspecified atom stereocenters. The molecule has 1 N–H and O–H groups in total. The monoisotopic (exact) mass is 393 g/mol. The van der Waals surface area contributed by atoms with E-state index in [1.165, 1.54) is 19.3 Å². The van der Waals surface area contributed by atoms with E-state index in [0.29, 0.717) is 30.1 Å². The zero-order chi connectivity index (χ0) is 19.1. The number of carbonyl (C=O) groups is 1. The van der Waals surface area contributed by atoms with Crippen LogP contribution in [0.25, 0.3) is 0 Å². The van der Waals surface area contributed by atoms with Gasteiger partial charge < -0.3 is 10.1 Å². The van der Waals surface area contributed by atoms with Crippen molar-refractivity contribution in [1.29, 1.82) is 0 Å². The van der Waals surface area contributed by atoms with Crippen LogP contribution in [-0.4, -0.2) is 67.6 Å². The topological polar surface area (TPSA) is 44.8 Å². The molecular formula is C21H32ClN3O2. The maximum Gasteiger partial charge on any atom is 0.234 e. The van der Waals surface area contributed by atoms with Gasteiger partial charge in [-0.2, -0.15) is 0 Å². The van der Waals surface area contributed by atoms with Gasteiger partial charge in [-0.3, -0.25) is 14.6 Å². The van der Waals surface area contributed by atoms with Crippen LogP contribution in [0.5, 0.6) is 5.75 Å². The Labute approximate surface area is 168 Å². The third-order valence-electron chi connectivity index (χ3n) is 5.79. The first-order chi connectivity index (χ1) is 13.1. The van der Waals surface area contributed by atoms with Crippen molar-refractivity contribution in [2.75, 3.05) is 45.9 Å². The lowest BCUT2D eigenvalue weighted by Gasteiger charge is -2.35. The summed E-state index contributed by atoms with van der Waals surface area (Å²) in [5, 5.41) is 3.91. The van der Waals surface area contributed by atoms with Crippen LogP contribution in [0.15, 0.2) is 24.3 Å². The summed E-state index contributed by atoms with van der Waals surface area (Å²) in [5.41, 5.74) is 0. The Morgan fingerprint density at radius 3 is 2.59 bits per heavy atom. The Morgan fingerprint density at radius 1 is 1.15 bits per heavy atom. The van der Waals surface area contributed by atoms with Crippen LogP contribution in [0.2, 0.25) is 5.02 Å². The van der Waals surface area contributed by atoms with E-state index in [-0.39, 0.29) is 5.91 Å². The summed E-state index contributed by atoms with van der Waals surface area (Å²) in [6.07, 6.45) is 4.91. The lowest BCUT2D eigenvalue weighted by molar-refractivity contribution is -0.124. The minimum absolute atomic E-state index is 0.184. The van der Waals surface area contributed by atoms with Gasteiger partial charge >= 0.3 is 0 Å². The van der Waals surface area contributed by atoms with E-state index < -0.39 is 0 Å². The second kappa shape index (κ2) is 10.3. The molecule has 2 aliphatic rings. The first-order valence-electron chi connectivity index (χ1n) is 10.2. The standard InChI is InChI=1S/C21H32ClN3O2/c1-17-6-2-4-8-19(17)23-21(26)16-25-12-10-24(11-13-25)14-15-27-20-9-5-3-7-18(20)22/h3,5,7,9,17,19H,2,4,6,8,10-16H2,1H3,(H,23,26). The van der Waals surface area contributed by atoms with Gasteiger partial charge in [0.2, 0.25) is 5.91 Å². The zero-order valence-electron chi connectivity index (χ0n) is 16.3. The zero-order valence-corrected chi connectivity index (χ0v) is 17.1. The highest BCUT2D eigenvalue weighted by molar-refractivity contribution is 6.32. The molecule has 0 bridgehead atoms. The quantitative estimate of drug-likeness (QED) is 0.773. The molecule has 1 amide bonds. The Bertz CT molecular complexity index is 605. The lowest BCUT2D eigenvalue weighted by atomic mass is 9.86. The van der Waals surface area contributed by atoms with Crippen molar-refractivity contribution in [3.63, 3.8) is 0 Å². The van der Waals surface area contributed by atoms with Gasteiger partial charge in [0, 0.05) is 38.8 Å². The predicted molar refractivity (Wildman–Crippen MR) is 109 cm³/mol. The molecule has 27 heavy (non-hydrogen) atoms. The number of nitrogens with zero attached hydrogens (tertiary/aromatic N) is 2. The van der Waals surface area contributed by atoms with Gasteiger partial charge in [-0.15, -0.1) is 0 Å². The number of ether oxygens (including phenoxy) is 1. The predicted octanol–water partition coefficient (Wildman–Crippen LogP) is 3.03. The molecule has 1 aliphatic carbocycles. The maximum absolute atomic E-state index is 12.4. The van der Waals surface area contributed by atoms with Crippen molar-refractivity contribution in [2.24, 2.45) is 5.92 Å². The summed E-state index contributed by atoms with van der Waals surface area (Å²) < 4.78 is 5.77. The molecule has 1 aromatic carbocycles. The number of hydrogen-bond donors (Lipinski definition) is 1.